The molecule has 0 unspecified atom stereocenters. The molecule has 7 heteroatoms. The molecule has 3 aromatic rings. The summed E-state index contributed by atoms with van der Waals surface area (Å²) in [5.41, 5.74) is 2.13. The van der Waals surface area contributed by atoms with E-state index in [0.717, 1.165) is 18.4 Å². The van der Waals surface area contributed by atoms with Gasteiger partial charge in [0.2, 0.25) is 0 Å². The van der Waals surface area contributed by atoms with E-state index in [4.69, 9.17) is 0 Å². The minimum Gasteiger partial charge on any atom is -0.393 e. The van der Waals surface area contributed by atoms with Gasteiger partial charge in [-0.1, -0.05) is 30.3 Å². The number of aliphatic hydroxyl groups excluding tert-OH is 1. The van der Waals surface area contributed by atoms with E-state index in [1.165, 1.54) is 12.1 Å². The molecule has 0 spiro atoms. The molecule has 0 radical (unpaired) electrons. The number of anilines is 1. The molecule has 0 bridgehead atoms. The van der Waals surface area contributed by atoms with Crippen LogP contribution in [-0.2, 0) is 5.41 Å². The lowest BCUT2D eigenvalue weighted by Gasteiger charge is -2.39. The smallest absolute Gasteiger partial charge is 0.255 e. The van der Waals surface area contributed by atoms with Gasteiger partial charge in [0.05, 0.1) is 34.4 Å². The summed E-state index contributed by atoms with van der Waals surface area (Å²) in [6.45, 7) is 1.13. The summed E-state index contributed by atoms with van der Waals surface area (Å²) in [7, 11) is 0. The third-order valence-electron chi connectivity index (χ3n) is 7.55. The second kappa shape index (κ2) is 9.63. The number of amides is 1. The Balaban J connectivity index is 1.47. The Kier molecular flexibility index (Phi) is 6.40. The Hall–Kier alpha value is -3.50. The lowest BCUT2D eigenvalue weighted by molar-refractivity contribution is 0.0868. The average Bonchev–Trinajstić information content (AvgIpc) is 2.90. The van der Waals surface area contributed by atoms with E-state index in [2.05, 4.69) is 21.3 Å². The van der Waals surface area contributed by atoms with Crippen molar-refractivity contribution in [2.75, 3.05) is 18.0 Å². The molecule has 1 saturated heterocycles. The topological polar surface area (TPSA) is 89.2 Å². The van der Waals surface area contributed by atoms with Gasteiger partial charge >= 0.3 is 0 Å². The molecular formula is C28H29FN4O2. The molecule has 180 valence electrons. The standard InChI is InChI=1S/C28H29FN4O2/c29-20-6-11-25-23(16-20)26(24(17-31-25)27(35)32-21-7-9-22(34)10-8-21)33-14-12-28(18-30,13-15-33)19-4-2-1-3-5-19/h1-6,11,16-17,21-22,34H,7-10,12-15H2,(H,32,35). The van der Waals surface area contributed by atoms with E-state index in [9.17, 15) is 19.6 Å². The third-order valence-corrected chi connectivity index (χ3v) is 7.55. The minimum absolute atomic E-state index is 0.00682. The number of rotatable bonds is 4. The van der Waals surface area contributed by atoms with Gasteiger partial charge in [0.15, 0.2) is 0 Å². The highest BCUT2D eigenvalue weighted by Crippen LogP contribution is 2.39. The zero-order valence-corrected chi connectivity index (χ0v) is 19.6. The second-order valence-electron chi connectivity index (χ2n) is 9.71. The van der Waals surface area contributed by atoms with E-state index in [0.29, 0.717) is 60.9 Å². The third kappa shape index (κ3) is 4.59. The zero-order chi connectivity index (χ0) is 24.4. The Morgan fingerprint density at radius 1 is 1.11 bits per heavy atom. The Bertz CT molecular complexity index is 1260. The van der Waals surface area contributed by atoms with Crippen LogP contribution in [0.3, 0.4) is 0 Å². The normalized spacial score (nSPS) is 21.9. The van der Waals surface area contributed by atoms with Gasteiger partial charge in [-0.2, -0.15) is 5.26 Å². The molecule has 1 amide bonds. The molecule has 1 aliphatic carbocycles. The number of aliphatic hydroxyl groups is 1. The SMILES string of the molecule is N#CC1(c2ccccc2)CCN(c2c(C(=O)NC3CCC(O)CC3)cnc3ccc(F)cc23)CC1. The number of hydrogen-bond acceptors (Lipinski definition) is 5. The van der Waals surface area contributed by atoms with E-state index < -0.39 is 5.41 Å². The lowest BCUT2D eigenvalue weighted by Crippen LogP contribution is -2.43. The number of halogens is 1. The minimum atomic E-state index is -0.586. The van der Waals surface area contributed by atoms with Crippen LogP contribution >= 0.6 is 0 Å². The zero-order valence-electron chi connectivity index (χ0n) is 19.6. The van der Waals surface area contributed by atoms with Crippen molar-refractivity contribution in [2.45, 2.75) is 56.1 Å². The van der Waals surface area contributed by atoms with Gasteiger partial charge in [-0.05, 0) is 62.3 Å². The number of nitriles is 1. The average molecular weight is 473 g/mol. The summed E-state index contributed by atoms with van der Waals surface area (Å²) < 4.78 is 14.3. The fraction of sp³-hybridized carbons (Fsp3) is 0.393. The fourth-order valence-corrected chi connectivity index (χ4v) is 5.48. The summed E-state index contributed by atoms with van der Waals surface area (Å²) in [6, 6.07) is 16.8. The number of fused-ring (bicyclic) bond motifs is 1. The molecule has 2 heterocycles. The highest BCUT2D eigenvalue weighted by molar-refractivity contribution is 6.07. The predicted octanol–water partition coefficient (Wildman–Crippen LogP) is 4.47. The van der Waals surface area contributed by atoms with Crippen LogP contribution in [0, 0.1) is 17.1 Å². The number of carbonyl (C=O) groups excluding carboxylic acids is 1. The number of carbonyl (C=O) groups is 1. The molecule has 35 heavy (non-hydrogen) atoms. The fourth-order valence-electron chi connectivity index (χ4n) is 5.48. The monoisotopic (exact) mass is 472 g/mol. The second-order valence-corrected chi connectivity index (χ2v) is 9.71. The first-order chi connectivity index (χ1) is 17.0. The first-order valence-electron chi connectivity index (χ1n) is 12.3. The number of aromatic nitrogens is 1. The molecule has 2 aromatic carbocycles. The largest absolute Gasteiger partial charge is 0.393 e. The molecule has 1 aromatic heterocycles. The molecule has 0 atom stereocenters. The summed E-state index contributed by atoms with van der Waals surface area (Å²) >= 11 is 0. The van der Waals surface area contributed by atoms with Crippen molar-refractivity contribution < 1.29 is 14.3 Å². The summed E-state index contributed by atoms with van der Waals surface area (Å²) in [5, 5.41) is 23.6. The number of hydrogen-bond donors (Lipinski definition) is 2. The Morgan fingerprint density at radius 2 is 1.83 bits per heavy atom. The number of pyridine rings is 1. The van der Waals surface area contributed by atoms with Gasteiger partial charge in [0.25, 0.3) is 5.91 Å². The highest BCUT2D eigenvalue weighted by atomic mass is 19.1. The summed E-state index contributed by atoms with van der Waals surface area (Å²) in [4.78, 5) is 20.0. The van der Waals surface area contributed by atoms with Crippen molar-refractivity contribution >= 4 is 22.5 Å². The van der Waals surface area contributed by atoms with Crippen LogP contribution in [0.15, 0.2) is 54.7 Å². The molecule has 1 saturated carbocycles. The number of piperidine rings is 1. The van der Waals surface area contributed by atoms with Gasteiger partial charge < -0.3 is 15.3 Å². The van der Waals surface area contributed by atoms with Crippen LogP contribution in [0.25, 0.3) is 10.9 Å². The summed E-state index contributed by atoms with van der Waals surface area (Å²) in [6.07, 6.45) is 5.27. The van der Waals surface area contributed by atoms with Gasteiger partial charge in [-0.15, -0.1) is 0 Å². The lowest BCUT2D eigenvalue weighted by atomic mass is 9.74. The molecule has 6 nitrogen and oxygen atoms in total. The van der Waals surface area contributed by atoms with Gasteiger partial charge in [-0.25, -0.2) is 4.39 Å². The van der Waals surface area contributed by atoms with Crippen molar-refractivity contribution in [1.29, 1.82) is 5.26 Å². The van der Waals surface area contributed by atoms with Crippen molar-refractivity contribution in [1.82, 2.24) is 10.3 Å². The summed E-state index contributed by atoms with van der Waals surface area (Å²) in [5.74, 6) is -0.618. The van der Waals surface area contributed by atoms with Crippen LogP contribution < -0.4 is 10.2 Å². The van der Waals surface area contributed by atoms with Crippen LogP contribution in [0.4, 0.5) is 10.1 Å². The van der Waals surface area contributed by atoms with E-state index in [1.54, 1.807) is 12.3 Å². The number of benzene rings is 2. The molecule has 5 rings (SSSR count). The maximum absolute atomic E-state index is 14.3. The predicted molar refractivity (Wildman–Crippen MR) is 133 cm³/mol. The van der Waals surface area contributed by atoms with E-state index >= 15 is 0 Å². The van der Waals surface area contributed by atoms with Crippen LogP contribution in [0.1, 0.15) is 54.4 Å². The molecule has 2 aliphatic rings. The molecular weight excluding hydrogens is 443 g/mol. The first kappa shape index (κ1) is 23.3. The van der Waals surface area contributed by atoms with Crippen molar-refractivity contribution in [3.8, 4) is 6.07 Å². The van der Waals surface area contributed by atoms with E-state index in [-0.39, 0.29) is 23.9 Å². The first-order valence-corrected chi connectivity index (χ1v) is 12.3. The maximum Gasteiger partial charge on any atom is 0.255 e. The molecule has 1 aliphatic heterocycles. The maximum atomic E-state index is 14.3. The van der Waals surface area contributed by atoms with E-state index in [1.807, 2.05) is 30.3 Å². The Morgan fingerprint density at radius 3 is 2.51 bits per heavy atom. The van der Waals surface area contributed by atoms with Crippen molar-refractivity contribution in [2.24, 2.45) is 0 Å². The molecule has 2 fully saturated rings. The molecule has 2 N–H and O–H groups in total. The van der Waals surface area contributed by atoms with Gasteiger partial charge in [0, 0.05) is 30.7 Å². The number of nitrogens with zero attached hydrogens (tertiary/aromatic N) is 3. The van der Waals surface area contributed by atoms with Crippen LogP contribution in [0.2, 0.25) is 0 Å². The number of nitrogens with one attached hydrogen (secondary N) is 1. The van der Waals surface area contributed by atoms with Gasteiger partial charge in [-0.3, -0.25) is 9.78 Å². The Labute approximate surface area is 204 Å². The van der Waals surface area contributed by atoms with Gasteiger partial charge in [0.1, 0.15) is 5.82 Å². The van der Waals surface area contributed by atoms with Crippen molar-refractivity contribution in [3.63, 3.8) is 0 Å². The quantitative estimate of drug-likeness (QED) is 0.585. The van der Waals surface area contributed by atoms with Crippen LogP contribution in [-0.4, -0.2) is 41.2 Å². The van der Waals surface area contributed by atoms with Crippen molar-refractivity contribution in [3.05, 3.63) is 71.7 Å². The highest BCUT2D eigenvalue weighted by Gasteiger charge is 2.38. The van der Waals surface area contributed by atoms with Crippen LogP contribution in [0.5, 0.6) is 0 Å².